The highest BCUT2D eigenvalue weighted by atomic mass is 31.1. The van der Waals surface area contributed by atoms with E-state index in [0.717, 1.165) is 5.01 Å². The van der Waals surface area contributed by atoms with Crippen LogP contribution >= 0.6 is 8.03 Å². The van der Waals surface area contributed by atoms with E-state index >= 15 is 0 Å². The van der Waals surface area contributed by atoms with E-state index in [9.17, 15) is 9.46 Å². The molecule has 1 aromatic carbocycles. The minimum atomic E-state index is -3.00. The van der Waals surface area contributed by atoms with Crippen LogP contribution in [0, 0.1) is 5.41 Å². The van der Waals surface area contributed by atoms with Gasteiger partial charge in [-0.1, -0.05) is 12.1 Å². The summed E-state index contributed by atoms with van der Waals surface area (Å²) in [6.07, 6.45) is 0. The molecule has 2 atom stereocenters. The number of nitrogens with one attached hydrogen (secondary N) is 1. The van der Waals surface area contributed by atoms with Crippen LogP contribution in [0.15, 0.2) is 24.3 Å². The van der Waals surface area contributed by atoms with Crippen LogP contribution in [0.3, 0.4) is 0 Å². The first-order chi connectivity index (χ1) is 7.97. The van der Waals surface area contributed by atoms with Crippen molar-refractivity contribution in [2.45, 2.75) is 5.78 Å². The Kier molecular flexibility index (Phi) is 4.51. The van der Waals surface area contributed by atoms with Crippen LogP contribution in [0.4, 0.5) is 0 Å². The Balaban J connectivity index is 3.05. The van der Waals surface area contributed by atoms with Gasteiger partial charge in [-0.05, 0) is 17.7 Å². The summed E-state index contributed by atoms with van der Waals surface area (Å²) in [6, 6.07) is 6.48. The van der Waals surface area contributed by atoms with Crippen LogP contribution in [-0.4, -0.2) is 23.0 Å². The van der Waals surface area contributed by atoms with Gasteiger partial charge in [0, 0.05) is 0 Å². The standard InChI is InChI=1S/C9H15N4O3P/c1-16-7-4-2-6(3-5-7)8(17(14)15)13(12)9(10)11/h2-5,8,17H,12H2,1H3,(H3,10,11)(H,14,15). The highest BCUT2D eigenvalue weighted by Crippen LogP contribution is 2.39. The van der Waals surface area contributed by atoms with Crippen LogP contribution in [0.25, 0.3) is 0 Å². The van der Waals surface area contributed by atoms with E-state index in [1.807, 2.05) is 0 Å². The van der Waals surface area contributed by atoms with Crippen molar-refractivity contribution >= 4 is 14.0 Å². The second kappa shape index (κ2) is 5.67. The number of nitrogens with two attached hydrogens (primary N) is 2. The highest BCUT2D eigenvalue weighted by molar-refractivity contribution is 7.38. The Bertz CT molecular complexity index is 423. The molecule has 0 amide bonds. The summed E-state index contributed by atoms with van der Waals surface area (Å²) >= 11 is 0. The van der Waals surface area contributed by atoms with Gasteiger partial charge in [0.05, 0.1) is 7.11 Å². The third-order valence-electron chi connectivity index (χ3n) is 2.22. The third kappa shape index (κ3) is 3.20. The molecule has 1 aromatic rings. The summed E-state index contributed by atoms with van der Waals surface area (Å²) in [4.78, 5) is 9.25. The maximum Gasteiger partial charge on any atom is 0.216 e. The van der Waals surface area contributed by atoms with E-state index < -0.39 is 19.8 Å². The molecule has 0 heterocycles. The molecule has 6 N–H and O–H groups in total. The number of ether oxygens (including phenoxy) is 1. The molecular weight excluding hydrogens is 243 g/mol. The van der Waals surface area contributed by atoms with Gasteiger partial charge in [-0.25, -0.2) is 5.84 Å². The molecule has 0 spiro atoms. The average Bonchev–Trinajstić information content (AvgIpc) is 2.29. The molecule has 1 rings (SSSR count). The van der Waals surface area contributed by atoms with Crippen LogP contribution in [0.1, 0.15) is 11.3 Å². The molecule has 0 aliphatic rings. The minimum absolute atomic E-state index is 0.474. The lowest BCUT2D eigenvalue weighted by molar-refractivity contribution is 0.368. The fourth-order valence-corrected chi connectivity index (χ4v) is 2.20. The number of methoxy groups -OCH3 is 1. The topological polar surface area (TPSA) is 126 Å². The van der Waals surface area contributed by atoms with E-state index in [2.05, 4.69) is 0 Å². The van der Waals surface area contributed by atoms with Gasteiger partial charge in [-0.2, -0.15) is 0 Å². The van der Waals surface area contributed by atoms with Crippen LogP contribution < -0.4 is 16.3 Å². The van der Waals surface area contributed by atoms with E-state index in [1.54, 1.807) is 24.3 Å². The van der Waals surface area contributed by atoms with Crippen molar-refractivity contribution in [3.8, 4) is 5.75 Å². The quantitative estimate of drug-likeness (QED) is 0.201. The van der Waals surface area contributed by atoms with Gasteiger partial charge in [0.2, 0.25) is 14.0 Å². The molecule has 8 heteroatoms. The largest absolute Gasteiger partial charge is 0.497 e. The summed E-state index contributed by atoms with van der Waals surface area (Å²) in [5.41, 5.74) is 5.69. The number of hydrogen-bond acceptors (Lipinski definition) is 4. The monoisotopic (exact) mass is 258 g/mol. The lowest BCUT2D eigenvalue weighted by Crippen LogP contribution is -2.43. The number of guanidine groups is 1. The second-order valence-electron chi connectivity index (χ2n) is 3.31. The molecular formula is C9H15N4O3P. The Hall–Kier alpha value is -1.56. The Morgan fingerprint density at radius 1 is 1.53 bits per heavy atom. The third-order valence-corrected chi connectivity index (χ3v) is 3.30. The number of hydrogen-bond donors (Lipinski definition) is 4. The molecule has 94 valence electrons. The molecule has 0 aromatic heterocycles. The van der Waals surface area contributed by atoms with Gasteiger partial charge in [0.25, 0.3) is 0 Å². The molecule has 0 aliphatic heterocycles. The van der Waals surface area contributed by atoms with Crippen LogP contribution in [0.2, 0.25) is 0 Å². The first-order valence-electron chi connectivity index (χ1n) is 4.72. The Morgan fingerprint density at radius 2 is 2.06 bits per heavy atom. The lowest BCUT2D eigenvalue weighted by atomic mass is 10.2. The Morgan fingerprint density at radius 3 is 2.41 bits per heavy atom. The summed E-state index contributed by atoms with van der Waals surface area (Å²) < 4.78 is 16.3. The van der Waals surface area contributed by atoms with Gasteiger partial charge in [-0.3, -0.25) is 15.0 Å². The van der Waals surface area contributed by atoms with Gasteiger partial charge in [0.15, 0.2) is 0 Å². The molecule has 0 fully saturated rings. The number of hydrazine groups is 1. The molecule has 0 radical (unpaired) electrons. The second-order valence-corrected chi connectivity index (χ2v) is 4.53. The van der Waals surface area contributed by atoms with E-state index in [1.165, 1.54) is 7.11 Å². The summed E-state index contributed by atoms with van der Waals surface area (Å²) in [5, 5.41) is 7.94. The highest BCUT2D eigenvalue weighted by Gasteiger charge is 2.24. The van der Waals surface area contributed by atoms with Crippen molar-refractivity contribution in [1.82, 2.24) is 5.01 Å². The van der Waals surface area contributed by atoms with Crippen molar-refractivity contribution in [3.63, 3.8) is 0 Å². The lowest BCUT2D eigenvalue weighted by Gasteiger charge is -2.25. The maximum absolute atomic E-state index is 11.3. The number of benzene rings is 1. The molecule has 2 unspecified atom stereocenters. The van der Waals surface area contributed by atoms with Gasteiger partial charge in [0.1, 0.15) is 11.5 Å². The van der Waals surface area contributed by atoms with Gasteiger partial charge >= 0.3 is 0 Å². The van der Waals surface area contributed by atoms with Crippen molar-refractivity contribution in [1.29, 1.82) is 5.41 Å². The van der Waals surface area contributed by atoms with Crippen molar-refractivity contribution in [3.05, 3.63) is 29.8 Å². The number of rotatable bonds is 4. The average molecular weight is 258 g/mol. The Labute approximate surface area is 99.3 Å². The molecule has 0 bridgehead atoms. The van der Waals surface area contributed by atoms with Gasteiger partial charge < -0.3 is 15.4 Å². The van der Waals surface area contributed by atoms with Gasteiger partial charge in [-0.15, -0.1) is 0 Å². The number of nitrogens with zero attached hydrogens (tertiary/aromatic N) is 1. The molecule has 7 nitrogen and oxygen atoms in total. The molecule has 0 saturated carbocycles. The van der Waals surface area contributed by atoms with E-state index in [0.29, 0.717) is 11.3 Å². The smallest absolute Gasteiger partial charge is 0.216 e. The summed E-state index contributed by atoms with van der Waals surface area (Å²) in [5.74, 6) is 4.62. The zero-order chi connectivity index (χ0) is 13.0. The van der Waals surface area contributed by atoms with E-state index in [4.69, 9.17) is 21.7 Å². The molecule has 17 heavy (non-hydrogen) atoms. The first kappa shape index (κ1) is 13.5. The van der Waals surface area contributed by atoms with E-state index in [-0.39, 0.29) is 0 Å². The normalized spacial score (nSPS) is 13.8. The predicted molar refractivity (Wildman–Crippen MR) is 64.9 cm³/mol. The minimum Gasteiger partial charge on any atom is -0.497 e. The van der Waals surface area contributed by atoms with Crippen molar-refractivity contribution in [2.24, 2.45) is 11.6 Å². The SMILES string of the molecule is COc1ccc(C(N(N)C(=N)N)[PH](=O)O)cc1. The molecule has 0 aliphatic carbocycles. The maximum atomic E-state index is 11.3. The fourth-order valence-electron chi connectivity index (χ4n) is 1.35. The predicted octanol–water partition coefficient (Wildman–Crippen LogP) is 0.230. The van der Waals surface area contributed by atoms with Crippen molar-refractivity contribution < 1.29 is 14.2 Å². The summed E-state index contributed by atoms with van der Waals surface area (Å²) in [6.45, 7) is 0. The zero-order valence-corrected chi connectivity index (χ0v) is 10.3. The molecule has 0 saturated heterocycles. The zero-order valence-electron chi connectivity index (χ0n) is 9.25. The van der Waals surface area contributed by atoms with Crippen LogP contribution in [0.5, 0.6) is 5.75 Å². The van der Waals surface area contributed by atoms with Crippen LogP contribution in [-0.2, 0) is 4.57 Å². The fraction of sp³-hybridized carbons (Fsp3) is 0.222. The summed E-state index contributed by atoms with van der Waals surface area (Å²) in [7, 11) is -1.48. The van der Waals surface area contributed by atoms with Crippen molar-refractivity contribution in [2.75, 3.05) is 7.11 Å². The first-order valence-corrected chi connectivity index (χ1v) is 6.15.